The fourth-order valence-electron chi connectivity index (χ4n) is 1.79. The van der Waals surface area contributed by atoms with Gasteiger partial charge in [-0.05, 0) is 47.1 Å². The second kappa shape index (κ2) is 6.43. The zero-order valence-electron chi connectivity index (χ0n) is 11.0. The van der Waals surface area contributed by atoms with Crippen molar-refractivity contribution in [2.75, 3.05) is 17.7 Å². The minimum Gasteiger partial charge on any atom is -0.491 e. The number of para-hydroxylation sites is 2. The van der Waals surface area contributed by atoms with Crippen molar-refractivity contribution in [1.29, 1.82) is 0 Å². The summed E-state index contributed by atoms with van der Waals surface area (Å²) in [5.74, 6) is 0.159. The lowest BCUT2D eigenvalue weighted by atomic mass is 10.1. The Kier molecular flexibility index (Phi) is 4.63. The molecule has 0 aliphatic heterocycles. The number of nitrogens with one attached hydrogen (secondary N) is 1. The third kappa shape index (κ3) is 3.11. The van der Waals surface area contributed by atoms with Crippen LogP contribution in [0.25, 0.3) is 0 Å². The fourth-order valence-corrected chi connectivity index (χ4v) is 2.18. The topological polar surface area (TPSA) is 64.3 Å². The van der Waals surface area contributed by atoms with Crippen LogP contribution in [0.2, 0.25) is 0 Å². The summed E-state index contributed by atoms with van der Waals surface area (Å²) >= 11 is 3.39. The first-order valence-electron chi connectivity index (χ1n) is 6.20. The number of rotatable bonds is 4. The summed E-state index contributed by atoms with van der Waals surface area (Å²) in [5, 5.41) is 2.83. The summed E-state index contributed by atoms with van der Waals surface area (Å²) in [4.78, 5) is 12.3. The molecule has 0 heterocycles. The Labute approximate surface area is 126 Å². The van der Waals surface area contributed by atoms with E-state index in [0.717, 1.165) is 4.47 Å². The Morgan fingerprint density at radius 2 is 2.00 bits per heavy atom. The maximum absolute atomic E-state index is 12.3. The van der Waals surface area contributed by atoms with Gasteiger partial charge in [-0.1, -0.05) is 18.2 Å². The summed E-state index contributed by atoms with van der Waals surface area (Å²) in [6.07, 6.45) is 0. The van der Waals surface area contributed by atoms with Crippen LogP contribution >= 0.6 is 15.9 Å². The maximum Gasteiger partial charge on any atom is 0.259 e. The molecule has 0 saturated heterocycles. The number of hydrogen-bond donors (Lipinski definition) is 2. The highest BCUT2D eigenvalue weighted by atomic mass is 79.9. The highest BCUT2D eigenvalue weighted by molar-refractivity contribution is 9.10. The first-order valence-corrected chi connectivity index (χ1v) is 7.00. The molecule has 0 bridgehead atoms. The number of ether oxygens (including phenoxy) is 1. The summed E-state index contributed by atoms with van der Waals surface area (Å²) in [5.41, 5.74) is 7.42. The monoisotopic (exact) mass is 334 g/mol. The Balaban J connectivity index is 2.30. The normalized spacial score (nSPS) is 10.1. The Morgan fingerprint density at radius 1 is 1.25 bits per heavy atom. The van der Waals surface area contributed by atoms with Crippen molar-refractivity contribution >= 4 is 33.2 Å². The lowest BCUT2D eigenvalue weighted by Crippen LogP contribution is -2.14. The number of benzene rings is 2. The van der Waals surface area contributed by atoms with Gasteiger partial charge in [0.05, 0.1) is 23.5 Å². The van der Waals surface area contributed by atoms with E-state index in [0.29, 0.717) is 29.3 Å². The van der Waals surface area contributed by atoms with Crippen molar-refractivity contribution in [3.63, 3.8) is 0 Å². The molecule has 0 aliphatic carbocycles. The van der Waals surface area contributed by atoms with Gasteiger partial charge < -0.3 is 15.8 Å². The van der Waals surface area contributed by atoms with E-state index in [1.807, 2.05) is 31.2 Å². The third-order valence-electron chi connectivity index (χ3n) is 2.70. The van der Waals surface area contributed by atoms with Gasteiger partial charge in [0.1, 0.15) is 0 Å². The van der Waals surface area contributed by atoms with Crippen molar-refractivity contribution in [3.8, 4) is 5.75 Å². The van der Waals surface area contributed by atoms with Crippen LogP contribution in [0, 0.1) is 0 Å². The van der Waals surface area contributed by atoms with Gasteiger partial charge >= 0.3 is 0 Å². The Bertz CT molecular complexity index is 629. The van der Waals surface area contributed by atoms with E-state index in [1.165, 1.54) is 0 Å². The zero-order valence-corrected chi connectivity index (χ0v) is 12.6. The number of nitrogens with two attached hydrogens (primary N) is 1. The summed E-state index contributed by atoms with van der Waals surface area (Å²) in [6, 6.07) is 12.5. The second-order valence-electron chi connectivity index (χ2n) is 4.09. The van der Waals surface area contributed by atoms with Gasteiger partial charge in [0.2, 0.25) is 0 Å². The quantitative estimate of drug-likeness (QED) is 0.838. The standard InChI is InChI=1S/C15H15BrN2O2/c1-2-20-14-10(6-5-8-12(14)17)15(19)18-13-9-4-3-7-11(13)16/h3-9H,2,17H2,1H3,(H,18,19). The van der Waals surface area contributed by atoms with Crippen molar-refractivity contribution < 1.29 is 9.53 Å². The molecule has 2 aromatic carbocycles. The number of nitrogen functional groups attached to an aromatic ring is 1. The molecule has 20 heavy (non-hydrogen) atoms. The first kappa shape index (κ1) is 14.4. The van der Waals surface area contributed by atoms with Crippen molar-refractivity contribution in [2.45, 2.75) is 6.92 Å². The van der Waals surface area contributed by atoms with Gasteiger partial charge in [-0.25, -0.2) is 0 Å². The van der Waals surface area contributed by atoms with Crippen molar-refractivity contribution in [2.24, 2.45) is 0 Å². The molecule has 4 nitrogen and oxygen atoms in total. The molecule has 0 aromatic heterocycles. The molecule has 1 amide bonds. The van der Waals surface area contributed by atoms with Crippen LogP contribution in [0.1, 0.15) is 17.3 Å². The fraction of sp³-hybridized carbons (Fsp3) is 0.133. The smallest absolute Gasteiger partial charge is 0.259 e. The van der Waals surface area contributed by atoms with Crippen LogP contribution in [0.5, 0.6) is 5.75 Å². The Hall–Kier alpha value is -2.01. The average molecular weight is 335 g/mol. The van der Waals surface area contributed by atoms with Crippen LogP contribution in [-0.4, -0.2) is 12.5 Å². The number of amides is 1. The molecule has 0 saturated carbocycles. The number of carbonyl (C=O) groups excluding carboxylic acids is 1. The largest absolute Gasteiger partial charge is 0.491 e. The molecule has 0 radical (unpaired) electrons. The molecule has 0 fully saturated rings. The number of hydrogen-bond acceptors (Lipinski definition) is 3. The molecule has 3 N–H and O–H groups in total. The summed E-state index contributed by atoms with van der Waals surface area (Å²) < 4.78 is 6.27. The molecule has 0 aliphatic rings. The lowest BCUT2D eigenvalue weighted by molar-refractivity contribution is 0.102. The molecule has 0 unspecified atom stereocenters. The molecule has 2 aromatic rings. The average Bonchev–Trinajstić information content (AvgIpc) is 2.43. The van der Waals surface area contributed by atoms with Crippen molar-refractivity contribution in [1.82, 2.24) is 0 Å². The number of anilines is 2. The minimum absolute atomic E-state index is 0.257. The molecule has 0 atom stereocenters. The van der Waals surface area contributed by atoms with Gasteiger partial charge in [-0.3, -0.25) is 4.79 Å². The molecule has 104 valence electrons. The van der Waals surface area contributed by atoms with E-state index in [2.05, 4.69) is 21.2 Å². The van der Waals surface area contributed by atoms with Crippen molar-refractivity contribution in [3.05, 3.63) is 52.5 Å². The van der Waals surface area contributed by atoms with E-state index >= 15 is 0 Å². The number of halogens is 1. The van der Waals surface area contributed by atoms with E-state index in [-0.39, 0.29) is 5.91 Å². The maximum atomic E-state index is 12.3. The van der Waals surface area contributed by atoms with E-state index in [1.54, 1.807) is 18.2 Å². The molecule has 0 spiro atoms. The predicted molar refractivity (Wildman–Crippen MR) is 84.1 cm³/mol. The van der Waals surface area contributed by atoms with E-state index < -0.39 is 0 Å². The van der Waals surface area contributed by atoms with E-state index in [9.17, 15) is 4.79 Å². The zero-order chi connectivity index (χ0) is 14.5. The highest BCUT2D eigenvalue weighted by Gasteiger charge is 2.15. The SMILES string of the molecule is CCOc1c(N)cccc1C(=O)Nc1ccccc1Br. The minimum atomic E-state index is -0.257. The highest BCUT2D eigenvalue weighted by Crippen LogP contribution is 2.28. The predicted octanol–water partition coefficient (Wildman–Crippen LogP) is 3.68. The number of carbonyl (C=O) groups is 1. The van der Waals surface area contributed by atoms with Crippen LogP contribution < -0.4 is 15.8 Å². The van der Waals surface area contributed by atoms with Gasteiger partial charge in [-0.15, -0.1) is 0 Å². The van der Waals surface area contributed by atoms with E-state index in [4.69, 9.17) is 10.5 Å². The van der Waals surface area contributed by atoms with Gasteiger partial charge in [0, 0.05) is 4.47 Å². The van der Waals surface area contributed by atoms with Crippen LogP contribution in [-0.2, 0) is 0 Å². The second-order valence-corrected chi connectivity index (χ2v) is 4.95. The molecular formula is C15H15BrN2O2. The Morgan fingerprint density at radius 3 is 2.70 bits per heavy atom. The lowest BCUT2D eigenvalue weighted by Gasteiger charge is -2.13. The van der Waals surface area contributed by atoms with Gasteiger partial charge in [0.15, 0.2) is 5.75 Å². The van der Waals surface area contributed by atoms with Crippen LogP contribution in [0.3, 0.4) is 0 Å². The summed E-state index contributed by atoms with van der Waals surface area (Å²) in [6.45, 7) is 2.30. The third-order valence-corrected chi connectivity index (χ3v) is 3.39. The van der Waals surface area contributed by atoms with Crippen LogP contribution in [0.4, 0.5) is 11.4 Å². The first-order chi connectivity index (χ1) is 9.63. The van der Waals surface area contributed by atoms with Gasteiger partial charge in [-0.2, -0.15) is 0 Å². The molecule has 5 heteroatoms. The van der Waals surface area contributed by atoms with Crippen LogP contribution in [0.15, 0.2) is 46.9 Å². The summed E-state index contributed by atoms with van der Waals surface area (Å²) in [7, 11) is 0. The molecular weight excluding hydrogens is 320 g/mol. The van der Waals surface area contributed by atoms with Gasteiger partial charge in [0.25, 0.3) is 5.91 Å². The molecule has 2 rings (SSSR count).